The monoisotopic (exact) mass is 215 g/mol. The van der Waals surface area contributed by atoms with Crippen molar-refractivity contribution in [1.29, 1.82) is 0 Å². The fourth-order valence-electron chi connectivity index (χ4n) is 1.02. The van der Waals surface area contributed by atoms with Gasteiger partial charge in [-0.15, -0.1) is 11.3 Å². The van der Waals surface area contributed by atoms with Crippen LogP contribution in [-0.4, -0.2) is 29.0 Å². The average molecular weight is 215 g/mol. The molecule has 0 unspecified atom stereocenters. The molecule has 0 aliphatic carbocycles. The Hall–Kier alpha value is -0.520. The zero-order valence-electron chi connectivity index (χ0n) is 8.00. The molecule has 13 heavy (non-hydrogen) atoms. The first-order chi connectivity index (χ1) is 6.00. The van der Waals surface area contributed by atoms with Crippen molar-refractivity contribution >= 4 is 28.5 Å². The minimum absolute atomic E-state index is 0.444. The maximum Gasteiger partial charge on any atom is 0.116 e. The minimum atomic E-state index is 0.444. The minimum Gasteiger partial charge on any atom is -0.389 e. The molecule has 0 aliphatic heterocycles. The first-order valence-corrected chi connectivity index (χ1v) is 5.14. The van der Waals surface area contributed by atoms with Crippen molar-refractivity contribution in [3.63, 3.8) is 0 Å². The molecule has 0 aromatic carbocycles. The van der Waals surface area contributed by atoms with Gasteiger partial charge in [0.2, 0.25) is 0 Å². The number of hydrogen-bond acceptors (Lipinski definition) is 4. The molecule has 0 amide bonds. The lowest BCUT2D eigenvalue weighted by Gasteiger charge is -2.04. The number of aromatic nitrogens is 1. The molecule has 0 saturated carbocycles. The topological polar surface area (TPSA) is 42.2 Å². The number of rotatable bonds is 3. The van der Waals surface area contributed by atoms with Crippen molar-refractivity contribution in [1.82, 2.24) is 9.88 Å². The molecule has 5 heteroatoms. The molecule has 0 radical (unpaired) electrons. The summed E-state index contributed by atoms with van der Waals surface area (Å²) in [6.07, 6.45) is 0. The Kier molecular flexibility index (Phi) is 3.35. The summed E-state index contributed by atoms with van der Waals surface area (Å²) in [4.78, 5) is 7.83. The van der Waals surface area contributed by atoms with Gasteiger partial charge < -0.3 is 10.6 Å². The molecule has 0 spiro atoms. The molecule has 0 aliphatic rings. The van der Waals surface area contributed by atoms with E-state index in [1.165, 1.54) is 0 Å². The van der Waals surface area contributed by atoms with Gasteiger partial charge in [0.15, 0.2) is 0 Å². The van der Waals surface area contributed by atoms with Crippen LogP contribution in [0.15, 0.2) is 0 Å². The van der Waals surface area contributed by atoms with Crippen molar-refractivity contribution in [3.8, 4) is 0 Å². The molecule has 1 heterocycles. The second-order valence-electron chi connectivity index (χ2n) is 3.12. The molecule has 0 atom stereocenters. The lowest BCUT2D eigenvalue weighted by molar-refractivity contribution is 0.401. The molecule has 1 aromatic rings. The van der Waals surface area contributed by atoms with E-state index in [9.17, 15) is 0 Å². The normalized spacial score (nSPS) is 10.8. The van der Waals surface area contributed by atoms with Crippen molar-refractivity contribution in [2.24, 2.45) is 5.73 Å². The van der Waals surface area contributed by atoms with Crippen LogP contribution in [0.3, 0.4) is 0 Å². The summed E-state index contributed by atoms with van der Waals surface area (Å²) in [6.45, 7) is 2.78. The molecule has 0 bridgehead atoms. The number of nitrogens with two attached hydrogens (primary N) is 1. The predicted octanol–water partition coefficient (Wildman–Crippen LogP) is 1.15. The smallest absolute Gasteiger partial charge is 0.116 e. The van der Waals surface area contributed by atoms with E-state index >= 15 is 0 Å². The highest BCUT2D eigenvalue weighted by Gasteiger charge is 2.09. The standard InChI is InChI=1S/C8H13N3S2/c1-5-7(8(9)12)13-6(10-5)4-11(2)3/h4H2,1-3H3,(H2,9,12). The van der Waals surface area contributed by atoms with E-state index in [0.29, 0.717) is 4.99 Å². The average Bonchev–Trinajstić information content (AvgIpc) is 2.29. The Morgan fingerprint density at radius 2 is 2.23 bits per heavy atom. The first kappa shape index (κ1) is 10.6. The Morgan fingerprint density at radius 1 is 1.62 bits per heavy atom. The third-order valence-corrected chi connectivity index (χ3v) is 3.02. The quantitative estimate of drug-likeness (QED) is 0.768. The molecule has 0 fully saturated rings. The van der Waals surface area contributed by atoms with Crippen LogP contribution in [0.4, 0.5) is 0 Å². The number of hydrogen-bond donors (Lipinski definition) is 1. The number of thiazole rings is 1. The van der Waals surface area contributed by atoms with Gasteiger partial charge in [0.05, 0.1) is 10.6 Å². The van der Waals surface area contributed by atoms with Crippen LogP contribution in [0.5, 0.6) is 0 Å². The summed E-state index contributed by atoms with van der Waals surface area (Å²) in [7, 11) is 4.02. The lowest BCUT2D eigenvalue weighted by atomic mass is 10.4. The van der Waals surface area contributed by atoms with Gasteiger partial charge in [-0.1, -0.05) is 12.2 Å². The van der Waals surface area contributed by atoms with E-state index in [-0.39, 0.29) is 0 Å². The second kappa shape index (κ2) is 4.13. The number of thiocarbonyl (C=S) groups is 1. The summed E-state index contributed by atoms with van der Waals surface area (Å²) < 4.78 is 0. The van der Waals surface area contributed by atoms with E-state index in [1.54, 1.807) is 11.3 Å². The van der Waals surface area contributed by atoms with Gasteiger partial charge in [-0.3, -0.25) is 0 Å². The zero-order chi connectivity index (χ0) is 10.0. The molecule has 72 valence electrons. The highest BCUT2D eigenvalue weighted by atomic mass is 32.1. The van der Waals surface area contributed by atoms with Crippen LogP contribution in [0.1, 0.15) is 15.6 Å². The molecule has 1 aromatic heterocycles. The highest BCUT2D eigenvalue weighted by Crippen LogP contribution is 2.18. The van der Waals surface area contributed by atoms with E-state index in [4.69, 9.17) is 18.0 Å². The Morgan fingerprint density at radius 3 is 2.62 bits per heavy atom. The van der Waals surface area contributed by atoms with Gasteiger partial charge in [0.25, 0.3) is 0 Å². The van der Waals surface area contributed by atoms with Gasteiger partial charge in [-0.05, 0) is 21.0 Å². The van der Waals surface area contributed by atoms with Crippen LogP contribution in [0.2, 0.25) is 0 Å². The van der Waals surface area contributed by atoms with Crippen LogP contribution >= 0.6 is 23.6 Å². The zero-order valence-corrected chi connectivity index (χ0v) is 9.63. The molecule has 1 rings (SSSR count). The molecule has 2 N–H and O–H groups in total. The molecule has 3 nitrogen and oxygen atoms in total. The van der Waals surface area contributed by atoms with Crippen LogP contribution in [0.25, 0.3) is 0 Å². The summed E-state index contributed by atoms with van der Waals surface area (Å²) >= 11 is 6.49. The number of nitrogens with zero attached hydrogens (tertiary/aromatic N) is 2. The molecule has 0 saturated heterocycles. The Labute approximate surface area is 87.6 Å². The molecular weight excluding hydrogens is 202 g/mol. The Bertz CT molecular complexity index is 317. The largest absolute Gasteiger partial charge is 0.389 e. The van der Waals surface area contributed by atoms with Gasteiger partial charge >= 0.3 is 0 Å². The van der Waals surface area contributed by atoms with Crippen LogP contribution in [0, 0.1) is 6.92 Å². The lowest BCUT2D eigenvalue weighted by Crippen LogP contribution is -2.10. The second-order valence-corrected chi connectivity index (χ2v) is 4.65. The fourth-order valence-corrected chi connectivity index (χ4v) is 2.33. The van der Waals surface area contributed by atoms with E-state index < -0.39 is 0 Å². The summed E-state index contributed by atoms with van der Waals surface area (Å²) in [5, 5.41) is 1.06. The van der Waals surface area contributed by atoms with Gasteiger partial charge in [0, 0.05) is 6.54 Å². The summed E-state index contributed by atoms with van der Waals surface area (Å²) in [6, 6.07) is 0. The third-order valence-electron chi connectivity index (χ3n) is 1.52. The van der Waals surface area contributed by atoms with Crippen LogP contribution in [-0.2, 0) is 6.54 Å². The van der Waals surface area contributed by atoms with Gasteiger partial charge in [-0.25, -0.2) is 4.98 Å². The van der Waals surface area contributed by atoms with E-state index in [2.05, 4.69) is 9.88 Å². The van der Waals surface area contributed by atoms with Gasteiger partial charge in [0.1, 0.15) is 10.00 Å². The van der Waals surface area contributed by atoms with E-state index in [0.717, 1.165) is 22.1 Å². The predicted molar refractivity (Wildman–Crippen MR) is 60.1 cm³/mol. The number of aryl methyl sites for hydroxylation is 1. The SMILES string of the molecule is Cc1nc(CN(C)C)sc1C(N)=S. The molecular formula is C8H13N3S2. The van der Waals surface area contributed by atoms with E-state index in [1.807, 2.05) is 21.0 Å². The Balaban J connectivity index is 2.89. The van der Waals surface area contributed by atoms with Gasteiger partial charge in [-0.2, -0.15) is 0 Å². The van der Waals surface area contributed by atoms with Crippen molar-refractivity contribution in [2.45, 2.75) is 13.5 Å². The highest BCUT2D eigenvalue weighted by molar-refractivity contribution is 7.81. The maximum absolute atomic E-state index is 5.55. The van der Waals surface area contributed by atoms with Crippen molar-refractivity contribution in [2.75, 3.05) is 14.1 Å². The maximum atomic E-state index is 5.55. The third kappa shape index (κ3) is 2.72. The summed E-state index contributed by atoms with van der Waals surface area (Å²) in [5.41, 5.74) is 6.49. The summed E-state index contributed by atoms with van der Waals surface area (Å²) in [5.74, 6) is 0. The van der Waals surface area contributed by atoms with Crippen molar-refractivity contribution < 1.29 is 0 Å². The fraction of sp³-hybridized carbons (Fsp3) is 0.500. The van der Waals surface area contributed by atoms with Crippen LogP contribution < -0.4 is 5.73 Å². The first-order valence-electron chi connectivity index (χ1n) is 3.91. The van der Waals surface area contributed by atoms with Crippen molar-refractivity contribution in [3.05, 3.63) is 15.6 Å².